The number of para-hydroxylation sites is 1. The molecule has 3 aromatic carbocycles. The van der Waals surface area contributed by atoms with Crippen molar-refractivity contribution in [3.05, 3.63) is 95.0 Å². The first kappa shape index (κ1) is 22.5. The molecule has 1 aliphatic heterocycles. The zero-order valence-corrected chi connectivity index (χ0v) is 22.4. The maximum atomic E-state index is 12.9. The van der Waals surface area contributed by atoms with E-state index in [4.69, 9.17) is 4.74 Å². The van der Waals surface area contributed by atoms with Gasteiger partial charge in [0.2, 0.25) is 0 Å². The lowest BCUT2D eigenvalue weighted by Crippen LogP contribution is -2.21. The molecule has 156 valence electrons. The van der Waals surface area contributed by atoms with Gasteiger partial charge in [-0.25, -0.2) is 0 Å². The summed E-state index contributed by atoms with van der Waals surface area (Å²) in [4.78, 5) is 12.9. The third-order valence-electron chi connectivity index (χ3n) is 4.69. The summed E-state index contributed by atoms with van der Waals surface area (Å²) in [6.07, 6.45) is 1.87. The smallest absolute Gasteiger partial charge is 0.280 e. The van der Waals surface area contributed by atoms with E-state index in [-0.39, 0.29) is 5.91 Å². The van der Waals surface area contributed by atoms with Crippen LogP contribution in [0.5, 0.6) is 5.75 Å². The van der Waals surface area contributed by atoms with E-state index >= 15 is 0 Å². The van der Waals surface area contributed by atoms with Crippen LogP contribution in [-0.2, 0) is 11.4 Å². The zero-order valence-electron chi connectivity index (χ0n) is 16.5. The molecule has 0 saturated heterocycles. The van der Waals surface area contributed by atoms with Gasteiger partial charge in [0.1, 0.15) is 12.4 Å². The molecule has 0 fully saturated rings. The summed E-state index contributed by atoms with van der Waals surface area (Å²) in [6, 6.07) is 21.7. The highest BCUT2D eigenvalue weighted by Gasteiger charge is 2.28. The Bertz CT molecular complexity index is 1170. The second kappa shape index (κ2) is 9.83. The summed E-state index contributed by atoms with van der Waals surface area (Å²) in [6.45, 7) is 2.34. The van der Waals surface area contributed by atoms with E-state index in [0.717, 1.165) is 30.6 Å². The molecule has 0 spiro atoms. The monoisotopic (exact) mass is 698 g/mol. The Morgan fingerprint density at radius 1 is 1.06 bits per heavy atom. The van der Waals surface area contributed by atoms with Gasteiger partial charge in [0, 0.05) is 3.57 Å². The van der Waals surface area contributed by atoms with Crippen LogP contribution >= 0.6 is 61.1 Å². The number of carbonyl (C=O) groups excluding carboxylic acids is 1. The fourth-order valence-electron chi connectivity index (χ4n) is 3.13. The van der Waals surface area contributed by atoms with Gasteiger partial charge >= 0.3 is 0 Å². The van der Waals surface area contributed by atoms with E-state index in [1.807, 2.05) is 55.5 Å². The molecule has 1 amide bonds. The van der Waals surface area contributed by atoms with Crippen molar-refractivity contribution in [3.63, 3.8) is 0 Å². The van der Waals surface area contributed by atoms with Crippen molar-refractivity contribution in [3.8, 4) is 5.75 Å². The number of nitrogens with zero attached hydrogens (tertiary/aromatic N) is 2. The van der Waals surface area contributed by atoms with Crippen LogP contribution in [0.1, 0.15) is 18.1 Å². The van der Waals surface area contributed by atoms with E-state index in [1.165, 1.54) is 8.58 Å². The second-order valence-corrected chi connectivity index (χ2v) is 10.2. The van der Waals surface area contributed by atoms with Crippen LogP contribution in [0, 0.1) is 7.14 Å². The highest BCUT2D eigenvalue weighted by molar-refractivity contribution is 14.1. The summed E-state index contributed by atoms with van der Waals surface area (Å²) in [7, 11) is 0. The van der Waals surface area contributed by atoms with Gasteiger partial charge in [-0.2, -0.15) is 10.1 Å². The minimum absolute atomic E-state index is 0.131. The largest absolute Gasteiger partial charge is 0.487 e. The van der Waals surface area contributed by atoms with Gasteiger partial charge < -0.3 is 4.74 Å². The first-order chi connectivity index (χ1) is 14.9. The lowest BCUT2D eigenvalue weighted by Gasteiger charge is -2.12. The number of hydrogen-bond donors (Lipinski definition) is 0. The molecule has 1 aliphatic rings. The van der Waals surface area contributed by atoms with Crippen LogP contribution in [0.3, 0.4) is 0 Å². The Kier molecular flexibility index (Phi) is 7.12. The lowest BCUT2D eigenvalue weighted by atomic mass is 10.1. The molecule has 1 heterocycles. The van der Waals surface area contributed by atoms with Gasteiger partial charge in [0.25, 0.3) is 5.91 Å². The summed E-state index contributed by atoms with van der Waals surface area (Å²) in [5.74, 6) is 0.657. The highest BCUT2D eigenvalue weighted by atomic mass is 127. The van der Waals surface area contributed by atoms with Crippen LogP contribution in [0.15, 0.2) is 81.9 Å². The number of halogens is 3. The Hall–Kier alpha value is -1.72. The summed E-state index contributed by atoms with van der Waals surface area (Å²) in [5.41, 5.74) is 4.05. The predicted molar refractivity (Wildman–Crippen MR) is 145 cm³/mol. The number of carbonyl (C=O) groups is 1. The number of rotatable bonds is 5. The predicted octanol–water partition coefficient (Wildman–Crippen LogP) is 7.04. The standard InChI is InChI=1S/C24H17BrI2N2O2/c1-15-20(24(30)29(28-15)19-5-3-2-4-6-19)11-17-12-21(25)23(22(27)13-17)31-14-16-7-9-18(26)10-8-16/h2-13H,14H2,1H3/b20-11+. The quantitative estimate of drug-likeness (QED) is 0.212. The Morgan fingerprint density at radius 2 is 1.77 bits per heavy atom. The van der Waals surface area contributed by atoms with Gasteiger partial charge in [-0.3, -0.25) is 4.79 Å². The maximum absolute atomic E-state index is 12.9. The Labute approximate surface area is 216 Å². The van der Waals surface area contributed by atoms with E-state index in [2.05, 4.69) is 90.5 Å². The number of hydrogen-bond acceptors (Lipinski definition) is 3. The molecule has 0 unspecified atom stereocenters. The zero-order chi connectivity index (χ0) is 22.0. The number of amides is 1. The number of anilines is 1. The molecule has 0 radical (unpaired) electrons. The van der Waals surface area contributed by atoms with Crippen molar-refractivity contribution in [1.82, 2.24) is 0 Å². The molecule has 4 rings (SSSR count). The van der Waals surface area contributed by atoms with Crippen molar-refractivity contribution >= 4 is 84.5 Å². The molecular weight excluding hydrogens is 682 g/mol. The highest BCUT2D eigenvalue weighted by Crippen LogP contribution is 2.34. The molecule has 3 aromatic rings. The first-order valence-electron chi connectivity index (χ1n) is 9.45. The molecule has 0 bridgehead atoms. The summed E-state index contributed by atoms with van der Waals surface area (Å²) < 4.78 is 9.06. The first-order valence-corrected chi connectivity index (χ1v) is 12.4. The normalized spacial score (nSPS) is 14.8. The Balaban J connectivity index is 1.55. The van der Waals surface area contributed by atoms with Gasteiger partial charge in [-0.15, -0.1) is 0 Å². The van der Waals surface area contributed by atoms with Gasteiger partial charge in [-0.1, -0.05) is 30.3 Å². The van der Waals surface area contributed by atoms with Gasteiger partial charge in [-0.05, 0) is 122 Å². The molecule has 7 heteroatoms. The number of ether oxygens (including phenoxy) is 1. The number of hydrazone groups is 1. The average Bonchev–Trinajstić information content (AvgIpc) is 3.03. The SMILES string of the molecule is CC1=NN(c2ccccc2)C(=O)/C1=C/c1cc(Br)c(OCc2ccc(I)cc2)c(I)c1. The van der Waals surface area contributed by atoms with E-state index < -0.39 is 0 Å². The van der Waals surface area contributed by atoms with Crippen LogP contribution in [0.25, 0.3) is 6.08 Å². The van der Waals surface area contributed by atoms with Crippen molar-refractivity contribution in [1.29, 1.82) is 0 Å². The second-order valence-electron chi connectivity index (χ2n) is 6.92. The van der Waals surface area contributed by atoms with Gasteiger partial charge in [0.05, 0.1) is 25.0 Å². The molecular formula is C24H17BrI2N2O2. The van der Waals surface area contributed by atoms with E-state index in [1.54, 1.807) is 0 Å². The molecule has 0 saturated carbocycles. The molecule has 0 aliphatic carbocycles. The topological polar surface area (TPSA) is 41.9 Å². The van der Waals surface area contributed by atoms with Crippen molar-refractivity contribution < 1.29 is 9.53 Å². The average molecular weight is 699 g/mol. The minimum Gasteiger partial charge on any atom is -0.487 e. The molecule has 4 nitrogen and oxygen atoms in total. The van der Waals surface area contributed by atoms with Gasteiger partial charge in [0.15, 0.2) is 0 Å². The van der Waals surface area contributed by atoms with Crippen LogP contribution in [-0.4, -0.2) is 11.6 Å². The molecule has 31 heavy (non-hydrogen) atoms. The van der Waals surface area contributed by atoms with Crippen molar-refractivity contribution in [2.45, 2.75) is 13.5 Å². The van der Waals surface area contributed by atoms with E-state index in [0.29, 0.717) is 17.9 Å². The lowest BCUT2D eigenvalue weighted by molar-refractivity contribution is -0.114. The van der Waals surface area contributed by atoms with Crippen LogP contribution < -0.4 is 9.75 Å². The molecule has 0 atom stereocenters. The summed E-state index contributed by atoms with van der Waals surface area (Å²) >= 11 is 8.17. The van der Waals surface area contributed by atoms with Crippen molar-refractivity contribution in [2.75, 3.05) is 5.01 Å². The fraction of sp³-hybridized carbons (Fsp3) is 0.0833. The fourth-order valence-corrected chi connectivity index (χ4v) is 5.26. The van der Waals surface area contributed by atoms with E-state index in [9.17, 15) is 4.79 Å². The minimum atomic E-state index is -0.131. The third kappa shape index (κ3) is 5.20. The van der Waals surface area contributed by atoms with Crippen molar-refractivity contribution in [2.24, 2.45) is 5.10 Å². The molecule has 0 aromatic heterocycles. The third-order valence-corrected chi connectivity index (χ3v) is 6.80. The number of benzene rings is 3. The van der Waals surface area contributed by atoms with Crippen LogP contribution in [0.4, 0.5) is 5.69 Å². The maximum Gasteiger partial charge on any atom is 0.280 e. The van der Waals surface area contributed by atoms with Crippen LogP contribution in [0.2, 0.25) is 0 Å². The summed E-state index contributed by atoms with van der Waals surface area (Å²) in [5, 5.41) is 5.89. The Morgan fingerprint density at radius 3 is 2.45 bits per heavy atom. The molecule has 0 N–H and O–H groups in total.